The Labute approximate surface area is 150 Å². The number of anilines is 1. The van der Waals surface area contributed by atoms with Crippen molar-refractivity contribution < 1.29 is 0 Å². The molecular formula is C16H26IN5. The first-order valence-corrected chi connectivity index (χ1v) is 7.99. The minimum atomic E-state index is 0. The number of aromatic nitrogens is 1. The number of aliphatic imine (C=N–C) groups is 1. The molecule has 0 unspecified atom stereocenters. The summed E-state index contributed by atoms with van der Waals surface area (Å²) in [6.07, 6.45) is 7.24. The molecule has 0 spiro atoms. The highest BCUT2D eigenvalue weighted by Gasteiger charge is 2.21. The minimum absolute atomic E-state index is 0. The quantitative estimate of drug-likeness (QED) is 0.441. The van der Waals surface area contributed by atoms with Crippen molar-refractivity contribution >= 4 is 35.8 Å². The van der Waals surface area contributed by atoms with E-state index < -0.39 is 0 Å². The fraction of sp³-hybridized carbons (Fsp3) is 0.625. The Bertz CT molecular complexity index is 478. The smallest absolute Gasteiger partial charge is 0.191 e. The standard InChI is InChI=1S/C16H25N5.HI/c1-17-16(19-10-13-4-5-13)20-12-14-6-7-15(18-11-14)21-8-2-3-9-21;/h6-7,11,13H,2-5,8-10,12H2,1H3,(H2,17,19,20);1H. The van der Waals surface area contributed by atoms with Gasteiger partial charge in [0, 0.05) is 39.4 Å². The third kappa shape index (κ3) is 5.00. The summed E-state index contributed by atoms with van der Waals surface area (Å²) >= 11 is 0. The first-order valence-electron chi connectivity index (χ1n) is 7.99. The highest BCUT2D eigenvalue weighted by atomic mass is 127. The first kappa shape index (κ1) is 17.3. The molecule has 0 aromatic carbocycles. The summed E-state index contributed by atoms with van der Waals surface area (Å²) in [5, 5.41) is 6.71. The van der Waals surface area contributed by atoms with Crippen LogP contribution in [0.25, 0.3) is 0 Å². The van der Waals surface area contributed by atoms with Crippen LogP contribution in [-0.4, -0.2) is 37.6 Å². The van der Waals surface area contributed by atoms with Crippen molar-refractivity contribution in [3.8, 4) is 0 Å². The van der Waals surface area contributed by atoms with E-state index in [9.17, 15) is 0 Å². The molecule has 2 fully saturated rings. The fourth-order valence-corrected chi connectivity index (χ4v) is 2.62. The summed E-state index contributed by atoms with van der Waals surface area (Å²) < 4.78 is 0. The van der Waals surface area contributed by atoms with Gasteiger partial charge in [0.1, 0.15) is 5.82 Å². The van der Waals surface area contributed by atoms with Crippen LogP contribution >= 0.6 is 24.0 Å². The highest BCUT2D eigenvalue weighted by Crippen LogP contribution is 2.27. The Morgan fingerprint density at radius 1 is 1.27 bits per heavy atom. The summed E-state index contributed by atoms with van der Waals surface area (Å²) in [7, 11) is 1.82. The molecule has 1 aromatic heterocycles. The SMILES string of the molecule is CN=C(NCc1ccc(N2CCCC2)nc1)NCC1CC1.I. The van der Waals surface area contributed by atoms with Gasteiger partial charge >= 0.3 is 0 Å². The van der Waals surface area contributed by atoms with E-state index in [-0.39, 0.29) is 24.0 Å². The lowest BCUT2D eigenvalue weighted by molar-refractivity contribution is 0.737. The molecule has 2 N–H and O–H groups in total. The van der Waals surface area contributed by atoms with E-state index >= 15 is 0 Å². The van der Waals surface area contributed by atoms with Crippen molar-refractivity contribution in [2.75, 3.05) is 31.6 Å². The van der Waals surface area contributed by atoms with E-state index in [1.807, 2.05) is 13.2 Å². The minimum Gasteiger partial charge on any atom is -0.357 e. The van der Waals surface area contributed by atoms with Gasteiger partial charge in [-0.3, -0.25) is 4.99 Å². The van der Waals surface area contributed by atoms with Gasteiger partial charge in [-0.2, -0.15) is 0 Å². The molecule has 1 aliphatic heterocycles. The maximum Gasteiger partial charge on any atom is 0.191 e. The zero-order chi connectivity index (χ0) is 14.5. The van der Waals surface area contributed by atoms with E-state index in [0.29, 0.717) is 0 Å². The van der Waals surface area contributed by atoms with E-state index in [2.05, 4.69) is 37.6 Å². The summed E-state index contributed by atoms with van der Waals surface area (Å²) in [6.45, 7) is 4.08. The Morgan fingerprint density at radius 3 is 2.64 bits per heavy atom. The predicted molar refractivity (Wildman–Crippen MR) is 102 cm³/mol. The van der Waals surface area contributed by atoms with E-state index in [1.165, 1.54) is 31.2 Å². The number of rotatable bonds is 5. The van der Waals surface area contributed by atoms with Gasteiger partial charge < -0.3 is 15.5 Å². The molecule has 2 heterocycles. The average Bonchev–Trinajstić information content (AvgIpc) is 3.19. The van der Waals surface area contributed by atoms with Crippen LogP contribution in [0.2, 0.25) is 0 Å². The molecule has 1 saturated heterocycles. The number of halogens is 1. The summed E-state index contributed by atoms with van der Waals surface area (Å²) in [5.74, 6) is 2.84. The second kappa shape index (κ2) is 8.55. The van der Waals surface area contributed by atoms with Crippen LogP contribution in [0.3, 0.4) is 0 Å². The van der Waals surface area contributed by atoms with Crippen molar-refractivity contribution in [2.45, 2.75) is 32.2 Å². The molecule has 5 nitrogen and oxygen atoms in total. The topological polar surface area (TPSA) is 52.6 Å². The zero-order valence-electron chi connectivity index (χ0n) is 13.2. The molecule has 0 amide bonds. The number of nitrogens with one attached hydrogen (secondary N) is 2. The Kier molecular flexibility index (Phi) is 6.72. The maximum absolute atomic E-state index is 4.57. The molecule has 6 heteroatoms. The number of pyridine rings is 1. The van der Waals surface area contributed by atoms with E-state index in [4.69, 9.17) is 0 Å². The Balaban J connectivity index is 0.00000176. The number of nitrogens with zero attached hydrogens (tertiary/aromatic N) is 3. The van der Waals surface area contributed by atoms with E-state index in [0.717, 1.165) is 43.9 Å². The summed E-state index contributed by atoms with van der Waals surface area (Å²) in [5.41, 5.74) is 1.19. The third-order valence-electron chi connectivity index (χ3n) is 4.18. The number of hydrogen-bond acceptors (Lipinski definition) is 3. The molecule has 0 bridgehead atoms. The first-order chi connectivity index (χ1) is 10.3. The summed E-state index contributed by atoms with van der Waals surface area (Å²) in [6, 6.07) is 4.28. The summed E-state index contributed by atoms with van der Waals surface area (Å²) in [4.78, 5) is 11.2. The molecule has 1 aliphatic carbocycles. The van der Waals surface area contributed by atoms with Crippen molar-refractivity contribution in [1.29, 1.82) is 0 Å². The predicted octanol–water partition coefficient (Wildman–Crippen LogP) is 2.37. The second-order valence-corrected chi connectivity index (χ2v) is 5.97. The molecule has 122 valence electrons. The average molecular weight is 415 g/mol. The fourth-order valence-electron chi connectivity index (χ4n) is 2.62. The lowest BCUT2D eigenvalue weighted by Crippen LogP contribution is -2.37. The Morgan fingerprint density at radius 2 is 2.05 bits per heavy atom. The van der Waals surface area contributed by atoms with Gasteiger partial charge in [0.2, 0.25) is 0 Å². The van der Waals surface area contributed by atoms with Crippen molar-refractivity contribution in [3.63, 3.8) is 0 Å². The normalized spacial score (nSPS) is 18.0. The molecule has 2 aliphatic rings. The Hall–Kier alpha value is -1.05. The van der Waals surface area contributed by atoms with Gasteiger partial charge in [-0.25, -0.2) is 4.98 Å². The lowest BCUT2D eigenvalue weighted by Gasteiger charge is -2.16. The van der Waals surface area contributed by atoms with Gasteiger partial charge in [0.05, 0.1) is 0 Å². The van der Waals surface area contributed by atoms with Crippen LogP contribution in [0.1, 0.15) is 31.2 Å². The number of hydrogen-bond donors (Lipinski definition) is 2. The van der Waals surface area contributed by atoms with Crippen LogP contribution < -0.4 is 15.5 Å². The molecule has 0 atom stereocenters. The van der Waals surface area contributed by atoms with Gasteiger partial charge in [-0.1, -0.05) is 6.07 Å². The second-order valence-electron chi connectivity index (χ2n) is 5.97. The van der Waals surface area contributed by atoms with Crippen molar-refractivity contribution in [3.05, 3.63) is 23.9 Å². The van der Waals surface area contributed by atoms with Crippen LogP contribution in [0.15, 0.2) is 23.3 Å². The lowest BCUT2D eigenvalue weighted by atomic mass is 10.3. The molecule has 1 saturated carbocycles. The van der Waals surface area contributed by atoms with Crippen LogP contribution in [0.4, 0.5) is 5.82 Å². The van der Waals surface area contributed by atoms with Gasteiger partial charge in [0.15, 0.2) is 5.96 Å². The molecule has 0 radical (unpaired) electrons. The molecule has 22 heavy (non-hydrogen) atoms. The van der Waals surface area contributed by atoms with Crippen molar-refractivity contribution in [2.24, 2.45) is 10.9 Å². The molecular weight excluding hydrogens is 389 g/mol. The zero-order valence-corrected chi connectivity index (χ0v) is 15.5. The van der Waals surface area contributed by atoms with Crippen molar-refractivity contribution in [1.82, 2.24) is 15.6 Å². The molecule has 1 aromatic rings. The monoisotopic (exact) mass is 415 g/mol. The van der Waals surface area contributed by atoms with Crippen LogP contribution in [0, 0.1) is 5.92 Å². The third-order valence-corrected chi connectivity index (χ3v) is 4.18. The van der Waals surface area contributed by atoms with Gasteiger partial charge in [-0.05, 0) is 43.2 Å². The number of guanidine groups is 1. The van der Waals surface area contributed by atoms with Gasteiger partial charge in [0.25, 0.3) is 0 Å². The maximum atomic E-state index is 4.57. The largest absolute Gasteiger partial charge is 0.357 e. The molecule has 3 rings (SSSR count). The van der Waals surface area contributed by atoms with Crippen LogP contribution in [-0.2, 0) is 6.54 Å². The van der Waals surface area contributed by atoms with Crippen LogP contribution in [0.5, 0.6) is 0 Å². The van der Waals surface area contributed by atoms with Gasteiger partial charge in [-0.15, -0.1) is 24.0 Å². The highest BCUT2D eigenvalue weighted by molar-refractivity contribution is 14.0. The van der Waals surface area contributed by atoms with E-state index in [1.54, 1.807) is 0 Å².